The number of benzene rings is 1. The Morgan fingerprint density at radius 2 is 2.10 bits per heavy atom. The van der Waals surface area contributed by atoms with Crippen LogP contribution in [0, 0.1) is 0 Å². The lowest BCUT2D eigenvalue weighted by Gasteiger charge is -2.14. The van der Waals surface area contributed by atoms with Gasteiger partial charge in [0.1, 0.15) is 6.61 Å². The summed E-state index contributed by atoms with van der Waals surface area (Å²) >= 11 is 1.70. The first-order valence-corrected chi connectivity index (χ1v) is 8.16. The number of nitrogens with one attached hydrogen (secondary N) is 1. The fourth-order valence-electron chi connectivity index (χ4n) is 1.92. The van der Waals surface area contributed by atoms with E-state index in [2.05, 4.69) is 36.7 Å². The molecule has 2 aromatic rings. The zero-order valence-electron chi connectivity index (χ0n) is 12.9. The SMILES string of the molecule is CC[C@H](C)NCc1ccc(OCc2cccs2)c(OC)c1. The minimum Gasteiger partial charge on any atom is -0.493 e. The van der Waals surface area contributed by atoms with Crippen LogP contribution in [-0.4, -0.2) is 13.2 Å². The van der Waals surface area contributed by atoms with Crippen LogP contribution in [0.15, 0.2) is 35.7 Å². The predicted octanol–water partition coefficient (Wildman–Crippen LogP) is 4.22. The van der Waals surface area contributed by atoms with E-state index >= 15 is 0 Å². The molecule has 0 spiro atoms. The summed E-state index contributed by atoms with van der Waals surface area (Å²) in [4.78, 5) is 1.21. The Morgan fingerprint density at radius 3 is 2.76 bits per heavy atom. The van der Waals surface area contributed by atoms with Gasteiger partial charge in [-0.3, -0.25) is 0 Å². The van der Waals surface area contributed by atoms with Crippen LogP contribution in [0.5, 0.6) is 11.5 Å². The van der Waals surface area contributed by atoms with Crippen molar-refractivity contribution < 1.29 is 9.47 Å². The van der Waals surface area contributed by atoms with Crippen molar-refractivity contribution in [1.29, 1.82) is 0 Å². The van der Waals surface area contributed by atoms with Gasteiger partial charge in [-0.25, -0.2) is 0 Å². The largest absolute Gasteiger partial charge is 0.493 e. The minimum absolute atomic E-state index is 0.519. The number of rotatable bonds is 8. The summed E-state index contributed by atoms with van der Waals surface area (Å²) in [6, 6.07) is 10.7. The molecule has 114 valence electrons. The van der Waals surface area contributed by atoms with Crippen LogP contribution < -0.4 is 14.8 Å². The van der Waals surface area contributed by atoms with Crippen molar-refractivity contribution >= 4 is 11.3 Å². The lowest BCUT2D eigenvalue weighted by atomic mass is 10.1. The van der Waals surface area contributed by atoms with Gasteiger partial charge < -0.3 is 14.8 Å². The van der Waals surface area contributed by atoms with E-state index in [1.165, 1.54) is 10.4 Å². The highest BCUT2D eigenvalue weighted by molar-refractivity contribution is 7.09. The molecule has 1 heterocycles. The Kier molecular flexibility index (Phi) is 6.08. The quantitative estimate of drug-likeness (QED) is 0.792. The lowest BCUT2D eigenvalue weighted by molar-refractivity contribution is 0.287. The van der Waals surface area contributed by atoms with E-state index in [4.69, 9.17) is 9.47 Å². The van der Waals surface area contributed by atoms with Gasteiger partial charge >= 0.3 is 0 Å². The molecule has 1 aromatic carbocycles. The molecule has 2 rings (SSSR count). The molecule has 3 nitrogen and oxygen atoms in total. The number of hydrogen-bond donors (Lipinski definition) is 1. The Bertz CT molecular complexity index is 540. The third kappa shape index (κ3) is 4.76. The summed E-state index contributed by atoms with van der Waals surface area (Å²) in [5.74, 6) is 1.58. The molecule has 1 aromatic heterocycles. The number of methoxy groups -OCH3 is 1. The van der Waals surface area contributed by atoms with E-state index in [0.29, 0.717) is 12.6 Å². The van der Waals surface area contributed by atoms with Gasteiger partial charge in [-0.1, -0.05) is 19.1 Å². The van der Waals surface area contributed by atoms with E-state index in [0.717, 1.165) is 24.5 Å². The third-order valence-electron chi connectivity index (χ3n) is 3.45. The minimum atomic E-state index is 0.519. The third-order valence-corrected chi connectivity index (χ3v) is 4.29. The summed E-state index contributed by atoms with van der Waals surface area (Å²) in [6.07, 6.45) is 1.12. The molecule has 0 bridgehead atoms. The van der Waals surface area contributed by atoms with Crippen molar-refractivity contribution in [2.75, 3.05) is 7.11 Å². The standard InChI is InChI=1S/C17H23NO2S/c1-4-13(2)18-11-14-7-8-16(17(10-14)19-3)20-12-15-6-5-9-21-15/h5-10,13,18H,4,11-12H2,1-3H3/t13-/m0/s1. The number of ether oxygens (including phenoxy) is 2. The molecule has 0 aliphatic carbocycles. The second-order valence-electron chi connectivity index (χ2n) is 5.04. The lowest BCUT2D eigenvalue weighted by Crippen LogP contribution is -2.24. The van der Waals surface area contributed by atoms with Gasteiger partial charge in [0.15, 0.2) is 11.5 Å². The second kappa shape index (κ2) is 8.05. The van der Waals surface area contributed by atoms with Crippen molar-refractivity contribution in [3.8, 4) is 11.5 Å². The van der Waals surface area contributed by atoms with Crippen LogP contribution in [0.3, 0.4) is 0 Å². The zero-order chi connectivity index (χ0) is 15.1. The zero-order valence-corrected chi connectivity index (χ0v) is 13.7. The first kappa shape index (κ1) is 15.9. The van der Waals surface area contributed by atoms with E-state index < -0.39 is 0 Å². The monoisotopic (exact) mass is 305 g/mol. The highest BCUT2D eigenvalue weighted by Gasteiger charge is 2.07. The van der Waals surface area contributed by atoms with E-state index in [9.17, 15) is 0 Å². The van der Waals surface area contributed by atoms with Gasteiger partial charge in [0.2, 0.25) is 0 Å². The molecule has 4 heteroatoms. The molecule has 0 saturated heterocycles. The fraction of sp³-hybridized carbons (Fsp3) is 0.412. The molecule has 0 radical (unpaired) electrons. The molecule has 1 N–H and O–H groups in total. The van der Waals surface area contributed by atoms with Crippen LogP contribution in [0.4, 0.5) is 0 Å². The first-order valence-electron chi connectivity index (χ1n) is 7.28. The normalized spacial score (nSPS) is 12.1. The van der Waals surface area contributed by atoms with Crippen LogP contribution in [0.1, 0.15) is 30.7 Å². The van der Waals surface area contributed by atoms with Crippen LogP contribution in [0.2, 0.25) is 0 Å². The Labute approximate surface area is 130 Å². The van der Waals surface area contributed by atoms with E-state index in [-0.39, 0.29) is 0 Å². The summed E-state index contributed by atoms with van der Waals surface area (Å²) in [6.45, 7) is 5.80. The van der Waals surface area contributed by atoms with Gasteiger partial charge in [-0.05, 0) is 42.5 Å². The summed E-state index contributed by atoms with van der Waals surface area (Å²) in [5.41, 5.74) is 1.20. The predicted molar refractivity (Wildman–Crippen MR) is 88.2 cm³/mol. The van der Waals surface area contributed by atoms with Crippen molar-refractivity contribution in [3.05, 3.63) is 46.2 Å². The average Bonchev–Trinajstić information content (AvgIpc) is 3.04. The van der Waals surface area contributed by atoms with Gasteiger partial charge in [0.25, 0.3) is 0 Å². The fourth-order valence-corrected chi connectivity index (χ4v) is 2.54. The molecule has 0 unspecified atom stereocenters. The van der Waals surface area contributed by atoms with Crippen LogP contribution >= 0.6 is 11.3 Å². The summed E-state index contributed by atoms with van der Waals surface area (Å²) in [5, 5.41) is 5.53. The van der Waals surface area contributed by atoms with Gasteiger partial charge in [0, 0.05) is 17.5 Å². The van der Waals surface area contributed by atoms with E-state index in [1.54, 1.807) is 18.4 Å². The maximum absolute atomic E-state index is 5.84. The second-order valence-corrected chi connectivity index (χ2v) is 6.08. The van der Waals surface area contributed by atoms with Crippen LogP contribution in [0.25, 0.3) is 0 Å². The summed E-state index contributed by atoms with van der Waals surface area (Å²) in [7, 11) is 1.68. The topological polar surface area (TPSA) is 30.5 Å². The first-order chi connectivity index (χ1) is 10.2. The van der Waals surface area contributed by atoms with Crippen molar-refractivity contribution in [2.45, 2.75) is 39.5 Å². The molecule has 0 aliphatic rings. The van der Waals surface area contributed by atoms with E-state index in [1.807, 2.05) is 18.2 Å². The molecule has 0 saturated carbocycles. The van der Waals surface area contributed by atoms with Crippen molar-refractivity contribution in [3.63, 3.8) is 0 Å². The highest BCUT2D eigenvalue weighted by atomic mass is 32.1. The Balaban J connectivity index is 1.98. The molecule has 0 aliphatic heterocycles. The molecular formula is C17H23NO2S. The smallest absolute Gasteiger partial charge is 0.161 e. The van der Waals surface area contributed by atoms with Gasteiger partial charge in [-0.15, -0.1) is 11.3 Å². The number of hydrogen-bond acceptors (Lipinski definition) is 4. The van der Waals surface area contributed by atoms with Crippen molar-refractivity contribution in [2.24, 2.45) is 0 Å². The van der Waals surface area contributed by atoms with Crippen molar-refractivity contribution in [1.82, 2.24) is 5.32 Å². The maximum atomic E-state index is 5.84. The Morgan fingerprint density at radius 1 is 1.24 bits per heavy atom. The molecule has 0 amide bonds. The average molecular weight is 305 g/mol. The summed E-state index contributed by atoms with van der Waals surface area (Å²) < 4.78 is 11.3. The maximum Gasteiger partial charge on any atom is 0.161 e. The Hall–Kier alpha value is -1.52. The molecule has 0 fully saturated rings. The highest BCUT2D eigenvalue weighted by Crippen LogP contribution is 2.29. The van der Waals surface area contributed by atoms with Gasteiger partial charge in [-0.2, -0.15) is 0 Å². The molecular weight excluding hydrogens is 282 g/mol. The number of thiophene rings is 1. The van der Waals surface area contributed by atoms with Crippen LogP contribution in [-0.2, 0) is 13.2 Å². The van der Waals surface area contributed by atoms with Gasteiger partial charge in [0.05, 0.1) is 7.11 Å². The molecule has 21 heavy (non-hydrogen) atoms. The molecule has 1 atom stereocenters.